The molecule has 0 spiro atoms. The highest BCUT2D eigenvalue weighted by Crippen LogP contribution is 2.30. The molecule has 1 atom stereocenters. The number of nitriles is 1. The topological polar surface area (TPSA) is 53.2 Å². The highest BCUT2D eigenvalue weighted by atomic mass is 16.5. The van der Waals surface area contributed by atoms with Gasteiger partial charge in [0.25, 0.3) is 0 Å². The number of ether oxygens (including phenoxy) is 1. The summed E-state index contributed by atoms with van der Waals surface area (Å²) in [6, 6.07) is 6.02. The van der Waals surface area contributed by atoms with Crippen LogP contribution in [-0.4, -0.2) is 11.7 Å². The Kier molecular flexibility index (Phi) is 8.43. The van der Waals surface area contributed by atoms with Gasteiger partial charge < -0.3 is 9.84 Å². The monoisotopic (exact) mass is 315 g/mol. The van der Waals surface area contributed by atoms with Crippen molar-refractivity contribution in [1.29, 1.82) is 5.26 Å². The van der Waals surface area contributed by atoms with Gasteiger partial charge in [-0.3, -0.25) is 0 Å². The number of benzene rings is 1. The maximum Gasteiger partial charge on any atom is 0.128 e. The first kappa shape index (κ1) is 19.3. The summed E-state index contributed by atoms with van der Waals surface area (Å²) in [6.07, 6.45) is 6.47. The van der Waals surface area contributed by atoms with Crippen LogP contribution in [0.15, 0.2) is 18.2 Å². The number of unbranched alkanes of at least 4 members (excludes halogenated alkanes) is 1. The quantitative estimate of drug-likeness (QED) is 0.652. The Balaban J connectivity index is 3.04. The Hall–Kier alpha value is -1.79. The molecule has 3 heteroatoms. The van der Waals surface area contributed by atoms with Gasteiger partial charge in [-0.05, 0) is 49.4 Å². The van der Waals surface area contributed by atoms with Crippen molar-refractivity contribution in [1.82, 2.24) is 0 Å². The minimum atomic E-state index is -0.0321. The second-order valence-corrected chi connectivity index (χ2v) is 5.97. The van der Waals surface area contributed by atoms with Crippen LogP contribution < -0.4 is 4.74 Å². The molecule has 0 fully saturated rings. The van der Waals surface area contributed by atoms with Crippen molar-refractivity contribution in [3.05, 3.63) is 34.9 Å². The van der Waals surface area contributed by atoms with Crippen molar-refractivity contribution < 1.29 is 9.84 Å². The van der Waals surface area contributed by atoms with E-state index in [0.717, 1.165) is 28.9 Å². The van der Waals surface area contributed by atoms with Crippen LogP contribution in [0.2, 0.25) is 0 Å². The Labute approximate surface area is 140 Å². The van der Waals surface area contributed by atoms with Crippen molar-refractivity contribution in [3.8, 4) is 11.8 Å². The molecule has 0 heterocycles. The van der Waals surface area contributed by atoms with Gasteiger partial charge in [0, 0.05) is 5.56 Å². The molecule has 23 heavy (non-hydrogen) atoms. The summed E-state index contributed by atoms with van der Waals surface area (Å²) < 4.78 is 6.08. The normalized spacial score (nSPS) is 12.8. The molecule has 0 aliphatic heterocycles. The molecule has 0 aliphatic rings. The minimum absolute atomic E-state index is 0.0321. The molecule has 3 nitrogen and oxygen atoms in total. The van der Waals surface area contributed by atoms with Crippen LogP contribution in [0, 0.1) is 24.2 Å². The van der Waals surface area contributed by atoms with Crippen LogP contribution >= 0.6 is 0 Å². The van der Waals surface area contributed by atoms with Gasteiger partial charge in [0.05, 0.1) is 24.9 Å². The number of aliphatic hydroxyl groups is 1. The first-order valence-corrected chi connectivity index (χ1v) is 8.55. The molecule has 1 unspecified atom stereocenters. The zero-order valence-electron chi connectivity index (χ0n) is 14.9. The third-order valence-electron chi connectivity index (χ3n) is 4.33. The summed E-state index contributed by atoms with van der Waals surface area (Å²) >= 11 is 0. The maximum atomic E-state index is 9.47. The van der Waals surface area contributed by atoms with Gasteiger partial charge in [0.2, 0.25) is 0 Å². The Bertz CT molecular complexity index is 570. The van der Waals surface area contributed by atoms with Crippen LogP contribution in [-0.2, 0) is 6.61 Å². The van der Waals surface area contributed by atoms with Crippen LogP contribution in [0.25, 0.3) is 5.57 Å². The van der Waals surface area contributed by atoms with Crippen LogP contribution in [0.5, 0.6) is 5.75 Å². The van der Waals surface area contributed by atoms with Gasteiger partial charge in [-0.15, -0.1) is 0 Å². The molecule has 0 bridgehead atoms. The van der Waals surface area contributed by atoms with E-state index < -0.39 is 0 Å². The first-order valence-electron chi connectivity index (χ1n) is 8.55. The summed E-state index contributed by atoms with van der Waals surface area (Å²) in [6.45, 7) is 8.83. The fourth-order valence-electron chi connectivity index (χ4n) is 2.61. The molecule has 0 aromatic heterocycles. The molecule has 0 saturated carbocycles. The first-order chi connectivity index (χ1) is 11.1. The van der Waals surface area contributed by atoms with Crippen molar-refractivity contribution in [2.24, 2.45) is 5.92 Å². The lowest BCUT2D eigenvalue weighted by Crippen LogP contribution is -2.12. The number of allylic oxidation sites excluding steroid dienone is 2. The van der Waals surface area contributed by atoms with Crippen molar-refractivity contribution >= 4 is 5.57 Å². The van der Waals surface area contributed by atoms with E-state index in [9.17, 15) is 10.4 Å². The summed E-state index contributed by atoms with van der Waals surface area (Å²) in [4.78, 5) is 0. The molecule has 126 valence electrons. The lowest BCUT2D eigenvalue weighted by atomic mass is 9.98. The summed E-state index contributed by atoms with van der Waals surface area (Å²) in [5.41, 5.74) is 3.17. The molecular formula is C20H29NO2. The number of rotatable bonds is 9. The Morgan fingerprint density at radius 2 is 2.13 bits per heavy atom. The fraction of sp³-hybridized carbons (Fsp3) is 0.550. The highest BCUT2D eigenvalue weighted by Gasteiger charge is 2.14. The summed E-state index contributed by atoms with van der Waals surface area (Å²) in [7, 11) is 0. The van der Waals surface area contributed by atoms with Crippen molar-refractivity contribution in [3.63, 3.8) is 0 Å². The third-order valence-corrected chi connectivity index (χ3v) is 4.33. The van der Waals surface area contributed by atoms with Gasteiger partial charge in [0.1, 0.15) is 5.75 Å². The molecule has 1 N–H and O–H groups in total. The number of nitrogens with zero attached hydrogens (tertiary/aromatic N) is 1. The molecule has 0 saturated heterocycles. The van der Waals surface area contributed by atoms with Crippen LogP contribution in [0.4, 0.5) is 0 Å². The number of aliphatic hydroxyl groups excluding tert-OH is 1. The molecule has 0 aliphatic carbocycles. The van der Waals surface area contributed by atoms with Crippen molar-refractivity contribution in [2.75, 3.05) is 6.61 Å². The second-order valence-electron chi connectivity index (χ2n) is 5.97. The minimum Gasteiger partial charge on any atom is -0.493 e. The van der Waals surface area contributed by atoms with E-state index >= 15 is 0 Å². The predicted octanol–water partition coefficient (Wildman–Crippen LogP) is 5.01. The van der Waals surface area contributed by atoms with Gasteiger partial charge in [-0.1, -0.05) is 39.2 Å². The van der Waals surface area contributed by atoms with E-state index in [1.807, 2.05) is 26.0 Å². The van der Waals surface area contributed by atoms with Crippen LogP contribution in [0.3, 0.4) is 0 Å². The number of hydrogen-bond acceptors (Lipinski definition) is 3. The number of aryl methyl sites for hydroxylation is 1. The van der Waals surface area contributed by atoms with E-state index in [-0.39, 0.29) is 6.61 Å². The Morgan fingerprint density at radius 3 is 2.65 bits per heavy atom. The molecule has 1 aromatic rings. The third kappa shape index (κ3) is 5.41. The lowest BCUT2D eigenvalue weighted by molar-refractivity contribution is 0.232. The zero-order valence-corrected chi connectivity index (χ0v) is 14.9. The number of hydrogen-bond donors (Lipinski definition) is 1. The highest BCUT2D eigenvalue weighted by molar-refractivity contribution is 5.80. The smallest absolute Gasteiger partial charge is 0.128 e. The van der Waals surface area contributed by atoms with Gasteiger partial charge in [0.15, 0.2) is 0 Å². The standard InChI is InChI=1S/C20H29NO2/c1-5-8-9-16(6-2)14-23-20-10-15(4)18(13-22)11-19(20)17(7-3)12-21/h7,10-11,16,22H,5-6,8-9,13-14H2,1-4H3/b17-7+. The van der Waals surface area contributed by atoms with Gasteiger partial charge >= 0.3 is 0 Å². The average Bonchev–Trinajstić information content (AvgIpc) is 2.57. The van der Waals surface area contributed by atoms with Gasteiger partial charge in [-0.25, -0.2) is 0 Å². The largest absolute Gasteiger partial charge is 0.493 e. The van der Waals surface area contributed by atoms with Gasteiger partial charge in [-0.2, -0.15) is 5.26 Å². The molecule has 1 aromatic carbocycles. The van der Waals surface area contributed by atoms with E-state index in [4.69, 9.17) is 4.74 Å². The van der Waals surface area contributed by atoms with E-state index in [2.05, 4.69) is 19.9 Å². The summed E-state index contributed by atoms with van der Waals surface area (Å²) in [5, 5.41) is 18.8. The zero-order chi connectivity index (χ0) is 17.2. The maximum absolute atomic E-state index is 9.47. The summed E-state index contributed by atoms with van der Waals surface area (Å²) in [5.74, 6) is 1.28. The fourth-order valence-corrected chi connectivity index (χ4v) is 2.61. The average molecular weight is 315 g/mol. The molecule has 0 radical (unpaired) electrons. The predicted molar refractivity (Wildman–Crippen MR) is 95.2 cm³/mol. The SMILES string of the molecule is C/C=C(\C#N)c1cc(CO)c(C)cc1OCC(CC)CCCC. The second kappa shape index (κ2) is 10.1. The van der Waals surface area contributed by atoms with Crippen LogP contribution in [0.1, 0.15) is 63.1 Å². The van der Waals surface area contributed by atoms with E-state index in [1.54, 1.807) is 6.08 Å². The van der Waals surface area contributed by atoms with E-state index in [1.165, 1.54) is 19.3 Å². The lowest BCUT2D eigenvalue weighted by Gasteiger charge is -2.19. The molecular weight excluding hydrogens is 286 g/mol. The van der Waals surface area contributed by atoms with E-state index in [0.29, 0.717) is 18.1 Å². The Morgan fingerprint density at radius 1 is 1.39 bits per heavy atom. The molecule has 1 rings (SSSR count). The molecule has 0 amide bonds. The van der Waals surface area contributed by atoms with Crippen molar-refractivity contribution in [2.45, 2.75) is 60.0 Å².